The van der Waals surface area contributed by atoms with Crippen LogP contribution in [-0.4, -0.2) is 72.0 Å². The zero-order valence-electron chi connectivity index (χ0n) is 16.8. The average Bonchev–Trinajstić information content (AvgIpc) is 3.36. The van der Waals surface area contributed by atoms with Crippen LogP contribution in [0.15, 0.2) is 18.3 Å². The first-order valence-electron chi connectivity index (χ1n) is 10.6. The van der Waals surface area contributed by atoms with E-state index >= 15 is 0 Å². The van der Waals surface area contributed by atoms with Crippen molar-refractivity contribution in [2.24, 2.45) is 5.92 Å². The third kappa shape index (κ3) is 4.08. The van der Waals surface area contributed by atoms with Crippen molar-refractivity contribution in [3.63, 3.8) is 0 Å². The highest BCUT2D eigenvalue weighted by Crippen LogP contribution is 2.29. The molecular weight excluding hydrogens is 354 g/mol. The predicted molar refractivity (Wildman–Crippen MR) is 108 cm³/mol. The normalized spacial score (nSPS) is 23.5. The summed E-state index contributed by atoms with van der Waals surface area (Å²) in [4.78, 5) is 35.5. The predicted octanol–water partition coefficient (Wildman–Crippen LogP) is 2.01. The number of anilines is 1. The number of nitrogens with zero attached hydrogens (tertiary/aromatic N) is 4. The summed E-state index contributed by atoms with van der Waals surface area (Å²) in [5.41, 5.74) is 1.16. The first kappa shape index (κ1) is 19.0. The van der Waals surface area contributed by atoms with Gasteiger partial charge in [-0.2, -0.15) is 0 Å². The number of pyridine rings is 1. The lowest BCUT2D eigenvalue weighted by molar-refractivity contribution is -0.129. The first-order valence-corrected chi connectivity index (χ1v) is 10.6. The molecule has 1 atom stereocenters. The van der Waals surface area contributed by atoms with E-state index in [2.05, 4.69) is 33.1 Å². The molecule has 2 aliphatic heterocycles. The van der Waals surface area contributed by atoms with E-state index in [4.69, 9.17) is 0 Å². The van der Waals surface area contributed by atoms with Gasteiger partial charge in [0.1, 0.15) is 5.82 Å². The van der Waals surface area contributed by atoms with E-state index in [-0.39, 0.29) is 17.9 Å². The summed E-state index contributed by atoms with van der Waals surface area (Å²) < 4.78 is 0. The largest absolute Gasteiger partial charge is 0.353 e. The molecule has 7 nitrogen and oxygen atoms in total. The van der Waals surface area contributed by atoms with Crippen LogP contribution in [0.3, 0.4) is 0 Å². The Hall–Kier alpha value is -2.31. The number of hydrogen-bond acceptors (Lipinski definition) is 4. The quantitative estimate of drug-likeness (QED) is 0.861. The molecule has 0 spiro atoms. The molecule has 4 rings (SSSR count). The van der Waals surface area contributed by atoms with Gasteiger partial charge in [0.05, 0.1) is 0 Å². The number of nitrogens with one attached hydrogen (secondary N) is 1. The maximum Gasteiger partial charge on any atom is 0.317 e. The molecule has 3 amide bonds. The summed E-state index contributed by atoms with van der Waals surface area (Å²) in [6.45, 7) is 6.44. The third-order valence-electron chi connectivity index (χ3n) is 6.39. The molecule has 1 aromatic rings. The number of piperazine rings is 1. The van der Waals surface area contributed by atoms with Crippen molar-refractivity contribution >= 4 is 17.8 Å². The van der Waals surface area contributed by atoms with Crippen molar-refractivity contribution < 1.29 is 9.59 Å². The lowest BCUT2D eigenvalue weighted by Gasteiger charge is -2.36. The highest BCUT2D eigenvalue weighted by molar-refractivity contribution is 5.79. The van der Waals surface area contributed by atoms with Crippen LogP contribution in [0.25, 0.3) is 0 Å². The first-order chi connectivity index (χ1) is 13.6. The van der Waals surface area contributed by atoms with Crippen LogP contribution >= 0.6 is 0 Å². The number of aryl methyl sites for hydroxylation is 1. The van der Waals surface area contributed by atoms with Crippen molar-refractivity contribution in [1.82, 2.24) is 20.1 Å². The van der Waals surface area contributed by atoms with Crippen molar-refractivity contribution in [2.45, 2.75) is 45.1 Å². The summed E-state index contributed by atoms with van der Waals surface area (Å²) in [5.74, 6) is 1.53. The van der Waals surface area contributed by atoms with Gasteiger partial charge in [0.25, 0.3) is 0 Å². The van der Waals surface area contributed by atoms with Crippen LogP contribution in [0.1, 0.15) is 37.7 Å². The minimum absolute atomic E-state index is 0.0100. The van der Waals surface area contributed by atoms with E-state index in [1.807, 2.05) is 17.2 Å². The zero-order valence-corrected chi connectivity index (χ0v) is 16.8. The Balaban J connectivity index is 1.22. The SMILES string of the molecule is Cc1cccnc1N1CCN(C(=O)NCC2CC(=O)N(C3CCCC3)C2)CC1. The lowest BCUT2D eigenvalue weighted by Crippen LogP contribution is -2.52. The highest BCUT2D eigenvalue weighted by Gasteiger charge is 2.35. The Labute approximate surface area is 167 Å². The monoisotopic (exact) mass is 385 g/mol. The molecule has 1 saturated carbocycles. The minimum Gasteiger partial charge on any atom is -0.353 e. The smallest absolute Gasteiger partial charge is 0.317 e. The van der Waals surface area contributed by atoms with Crippen LogP contribution in [0.4, 0.5) is 10.6 Å². The topological polar surface area (TPSA) is 68.8 Å². The van der Waals surface area contributed by atoms with Gasteiger partial charge in [-0.1, -0.05) is 18.9 Å². The van der Waals surface area contributed by atoms with Gasteiger partial charge in [0.2, 0.25) is 5.91 Å². The highest BCUT2D eigenvalue weighted by atomic mass is 16.2. The second kappa shape index (κ2) is 8.37. The van der Waals surface area contributed by atoms with Crippen LogP contribution in [0, 0.1) is 12.8 Å². The lowest BCUT2D eigenvalue weighted by atomic mass is 10.1. The molecule has 2 saturated heterocycles. The second-order valence-electron chi connectivity index (χ2n) is 8.36. The van der Waals surface area contributed by atoms with E-state index in [0.29, 0.717) is 32.1 Å². The zero-order chi connectivity index (χ0) is 19.5. The van der Waals surface area contributed by atoms with Gasteiger partial charge in [-0.3, -0.25) is 4.79 Å². The van der Waals surface area contributed by atoms with E-state index in [1.54, 1.807) is 0 Å². The summed E-state index contributed by atoms with van der Waals surface area (Å²) in [6.07, 6.45) is 7.15. The number of carbonyl (C=O) groups excluding carboxylic acids is 2. The van der Waals surface area contributed by atoms with Crippen molar-refractivity contribution in [1.29, 1.82) is 0 Å². The number of likely N-dealkylation sites (tertiary alicyclic amines) is 1. The number of rotatable bonds is 4. The Morgan fingerprint density at radius 2 is 1.96 bits per heavy atom. The fraction of sp³-hybridized carbons (Fsp3) is 0.667. The molecule has 1 aromatic heterocycles. The van der Waals surface area contributed by atoms with Crippen LogP contribution < -0.4 is 10.2 Å². The molecule has 7 heteroatoms. The fourth-order valence-electron chi connectivity index (χ4n) is 4.79. The Kier molecular flexibility index (Phi) is 5.69. The number of hydrogen-bond donors (Lipinski definition) is 1. The average molecular weight is 386 g/mol. The molecule has 1 aliphatic carbocycles. The van der Waals surface area contributed by atoms with Crippen molar-refractivity contribution in [3.05, 3.63) is 23.9 Å². The van der Waals surface area contributed by atoms with Gasteiger partial charge in [-0.25, -0.2) is 9.78 Å². The number of carbonyl (C=O) groups is 2. The van der Waals surface area contributed by atoms with Crippen molar-refractivity contribution in [3.8, 4) is 0 Å². The summed E-state index contributed by atoms with van der Waals surface area (Å²) >= 11 is 0. The molecule has 1 N–H and O–H groups in total. The molecule has 0 bridgehead atoms. The Bertz CT molecular complexity index is 711. The Morgan fingerprint density at radius 1 is 1.21 bits per heavy atom. The fourth-order valence-corrected chi connectivity index (χ4v) is 4.79. The number of aromatic nitrogens is 1. The molecule has 3 aliphatic rings. The molecular formula is C21H31N5O2. The molecule has 1 unspecified atom stereocenters. The van der Waals surface area contributed by atoms with E-state index in [1.165, 1.54) is 12.8 Å². The van der Waals surface area contributed by atoms with E-state index < -0.39 is 0 Å². The maximum atomic E-state index is 12.6. The standard InChI is InChI=1S/C21H31N5O2/c1-16-5-4-8-22-20(16)24-9-11-25(12-10-24)21(28)23-14-17-13-19(27)26(15-17)18-6-2-3-7-18/h4-5,8,17-18H,2-3,6-7,9-15H2,1H3,(H,23,28). The van der Waals surface area contributed by atoms with Crippen molar-refractivity contribution in [2.75, 3.05) is 44.2 Å². The van der Waals surface area contributed by atoms with E-state index in [9.17, 15) is 9.59 Å². The number of urea groups is 1. The van der Waals surface area contributed by atoms with Gasteiger partial charge in [-0.05, 0) is 31.4 Å². The van der Waals surface area contributed by atoms with Crippen LogP contribution in [0.5, 0.6) is 0 Å². The van der Waals surface area contributed by atoms with Crippen LogP contribution in [0.2, 0.25) is 0 Å². The molecule has 0 radical (unpaired) electrons. The van der Waals surface area contributed by atoms with Gasteiger partial charge in [0, 0.05) is 63.8 Å². The van der Waals surface area contributed by atoms with E-state index in [0.717, 1.165) is 43.9 Å². The molecule has 152 valence electrons. The van der Waals surface area contributed by atoms with Gasteiger partial charge >= 0.3 is 6.03 Å². The van der Waals surface area contributed by atoms with Crippen LogP contribution in [-0.2, 0) is 4.79 Å². The minimum atomic E-state index is -0.0100. The summed E-state index contributed by atoms with van der Waals surface area (Å²) in [5, 5.41) is 3.07. The maximum absolute atomic E-state index is 12.6. The molecule has 0 aromatic carbocycles. The summed E-state index contributed by atoms with van der Waals surface area (Å²) in [6, 6.07) is 4.45. The second-order valence-corrected chi connectivity index (χ2v) is 8.36. The molecule has 3 heterocycles. The summed E-state index contributed by atoms with van der Waals surface area (Å²) in [7, 11) is 0. The molecule has 28 heavy (non-hydrogen) atoms. The molecule has 3 fully saturated rings. The van der Waals surface area contributed by atoms with Gasteiger partial charge < -0.3 is 20.0 Å². The third-order valence-corrected chi connectivity index (χ3v) is 6.39. The van der Waals surface area contributed by atoms with Gasteiger partial charge in [-0.15, -0.1) is 0 Å². The van der Waals surface area contributed by atoms with Gasteiger partial charge in [0.15, 0.2) is 0 Å². The number of amides is 3. The Morgan fingerprint density at radius 3 is 2.68 bits per heavy atom.